The van der Waals surface area contributed by atoms with E-state index in [0.29, 0.717) is 0 Å². The van der Waals surface area contributed by atoms with Gasteiger partial charge in [-0.25, -0.2) is 0 Å². The Kier molecular flexibility index (Phi) is 5.39. The standard InChI is InChI=1S/C22H30/c1-3-4-18-7-11-20(12-8-18)22-15-13-21(14-16-22)19-9-5-17(2)6-10-19/h3,5-6,9-10,18,22H,1,4,7-8,11-16H2,2H3. The molecule has 22 heavy (non-hydrogen) atoms. The van der Waals surface area contributed by atoms with Gasteiger partial charge in [-0.1, -0.05) is 35.9 Å². The molecule has 0 aromatic heterocycles. The van der Waals surface area contributed by atoms with Crippen molar-refractivity contribution < 1.29 is 0 Å². The van der Waals surface area contributed by atoms with Gasteiger partial charge in [-0.2, -0.15) is 0 Å². The van der Waals surface area contributed by atoms with Crippen LogP contribution in [-0.4, -0.2) is 0 Å². The van der Waals surface area contributed by atoms with Crippen LogP contribution in [0.1, 0.15) is 68.9 Å². The molecule has 0 unspecified atom stereocenters. The predicted molar refractivity (Wildman–Crippen MR) is 95.5 cm³/mol. The van der Waals surface area contributed by atoms with Crippen LogP contribution >= 0.6 is 0 Å². The van der Waals surface area contributed by atoms with Crippen molar-refractivity contribution in [1.29, 1.82) is 0 Å². The van der Waals surface area contributed by atoms with Crippen molar-refractivity contribution in [1.82, 2.24) is 0 Å². The number of hydrogen-bond acceptors (Lipinski definition) is 0. The highest BCUT2D eigenvalue weighted by atomic mass is 14.4. The summed E-state index contributed by atoms with van der Waals surface area (Å²) in [6, 6.07) is 9.14. The van der Waals surface area contributed by atoms with Gasteiger partial charge in [0.1, 0.15) is 0 Å². The van der Waals surface area contributed by atoms with E-state index in [1.54, 1.807) is 5.92 Å². The summed E-state index contributed by atoms with van der Waals surface area (Å²) < 4.78 is 0. The second-order valence-electron chi connectivity index (χ2n) is 7.37. The van der Waals surface area contributed by atoms with Crippen molar-refractivity contribution in [3.8, 4) is 0 Å². The van der Waals surface area contributed by atoms with Crippen molar-refractivity contribution >= 4 is 0 Å². The van der Waals surface area contributed by atoms with Crippen LogP contribution in [0.3, 0.4) is 0 Å². The summed E-state index contributed by atoms with van der Waals surface area (Å²) in [5.41, 5.74) is 2.86. The Bertz CT molecular complexity index is 453. The molecule has 1 aromatic carbocycles. The fraction of sp³-hybridized carbons (Fsp3) is 0.545. The summed E-state index contributed by atoms with van der Waals surface area (Å²) in [4.78, 5) is 0. The molecule has 0 heterocycles. The van der Waals surface area contributed by atoms with Crippen molar-refractivity contribution in [2.24, 2.45) is 11.8 Å². The van der Waals surface area contributed by atoms with E-state index < -0.39 is 0 Å². The van der Waals surface area contributed by atoms with Gasteiger partial charge in [0.25, 0.3) is 0 Å². The van der Waals surface area contributed by atoms with E-state index in [1.807, 2.05) is 5.92 Å². The maximum Gasteiger partial charge on any atom is 0.00500 e. The van der Waals surface area contributed by atoms with E-state index in [4.69, 9.17) is 0 Å². The Morgan fingerprint density at radius 1 is 0.955 bits per heavy atom. The molecule has 118 valence electrons. The molecule has 0 saturated heterocycles. The molecule has 0 bridgehead atoms. The van der Waals surface area contributed by atoms with Crippen LogP contribution in [0.2, 0.25) is 0 Å². The van der Waals surface area contributed by atoms with Crippen LogP contribution in [-0.2, 0) is 0 Å². The van der Waals surface area contributed by atoms with Crippen molar-refractivity contribution in [3.63, 3.8) is 0 Å². The first kappa shape index (κ1) is 15.8. The van der Waals surface area contributed by atoms with Crippen molar-refractivity contribution in [2.45, 2.75) is 64.7 Å². The zero-order valence-corrected chi connectivity index (χ0v) is 14.1. The first-order chi connectivity index (χ1) is 10.8. The van der Waals surface area contributed by atoms with E-state index >= 15 is 0 Å². The predicted octanol–water partition coefficient (Wildman–Crippen LogP) is 6.45. The topological polar surface area (TPSA) is 0 Å². The van der Waals surface area contributed by atoms with E-state index in [2.05, 4.69) is 43.8 Å². The minimum absolute atomic E-state index is 0.916. The highest BCUT2D eigenvalue weighted by Crippen LogP contribution is 2.45. The van der Waals surface area contributed by atoms with Crippen LogP contribution in [0.4, 0.5) is 0 Å². The van der Waals surface area contributed by atoms with E-state index in [0.717, 1.165) is 11.8 Å². The summed E-state index contributed by atoms with van der Waals surface area (Å²) in [5, 5.41) is 0. The largest absolute Gasteiger partial charge is 0.103 e. The van der Waals surface area contributed by atoms with Gasteiger partial charge in [0, 0.05) is 5.92 Å². The van der Waals surface area contributed by atoms with Crippen LogP contribution in [0.15, 0.2) is 36.9 Å². The molecular weight excluding hydrogens is 264 g/mol. The highest BCUT2D eigenvalue weighted by Gasteiger charge is 2.31. The lowest BCUT2D eigenvalue weighted by Crippen LogP contribution is -2.24. The maximum absolute atomic E-state index is 3.90. The molecule has 2 aliphatic rings. The number of rotatable bonds is 4. The van der Waals surface area contributed by atoms with Crippen LogP contribution < -0.4 is 0 Å². The molecule has 2 fully saturated rings. The van der Waals surface area contributed by atoms with Gasteiger partial charge in [0.2, 0.25) is 0 Å². The van der Waals surface area contributed by atoms with Crippen molar-refractivity contribution in [2.75, 3.05) is 0 Å². The molecule has 0 amide bonds. The van der Waals surface area contributed by atoms with Crippen LogP contribution in [0, 0.1) is 30.6 Å². The summed E-state index contributed by atoms with van der Waals surface area (Å²) >= 11 is 0. The lowest BCUT2D eigenvalue weighted by atomic mass is 9.68. The van der Waals surface area contributed by atoms with Gasteiger partial charge in [0.15, 0.2) is 0 Å². The average molecular weight is 294 g/mol. The minimum atomic E-state index is 0.916. The van der Waals surface area contributed by atoms with Crippen LogP contribution in [0.25, 0.3) is 0 Å². The molecule has 1 aromatic rings. The van der Waals surface area contributed by atoms with Crippen LogP contribution in [0.5, 0.6) is 0 Å². The van der Waals surface area contributed by atoms with Gasteiger partial charge in [-0.05, 0) is 88.0 Å². The molecule has 0 nitrogen and oxygen atoms in total. The molecule has 0 spiro atoms. The Balaban J connectivity index is 1.48. The third-order valence-electron chi connectivity index (χ3n) is 5.87. The third kappa shape index (κ3) is 3.83. The van der Waals surface area contributed by atoms with Gasteiger partial charge < -0.3 is 0 Å². The van der Waals surface area contributed by atoms with Gasteiger partial charge in [0.05, 0.1) is 0 Å². The molecule has 0 aliphatic heterocycles. The van der Waals surface area contributed by atoms with E-state index in [-0.39, 0.29) is 0 Å². The summed E-state index contributed by atoms with van der Waals surface area (Å²) in [5.74, 6) is 5.42. The van der Waals surface area contributed by atoms with E-state index in [9.17, 15) is 0 Å². The van der Waals surface area contributed by atoms with Gasteiger partial charge in [-0.3, -0.25) is 0 Å². The molecule has 0 N–H and O–H groups in total. The number of aryl methyl sites for hydroxylation is 1. The van der Waals surface area contributed by atoms with Gasteiger partial charge in [-0.15, -0.1) is 6.58 Å². The second-order valence-corrected chi connectivity index (χ2v) is 7.37. The Morgan fingerprint density at radius 2 is 1.59 bits per heavy atom. The second kappa shape index (κ2) is 7.49. The smallest absolute Gasteiger partial charge is 0.00500 e. The molecular formula is C22H30. The number of benzene rings is 1. The Morgan fingerprint density at radius 3 is 2.18 bits per heavy atom. The lowest BCUT2D eigenvalue weighted by Gasteiger charge is -2.37. The lowest BCUT2D eigenvalue weighted by molar-refractivity contribution is 0.297. The fourth-order valence-electron chi connectivity index (χ4n) is 4.38. The van der Waals surface area contributed by atoms with E-state index in [1.165, 1.54) is 68.9 Å². The molecule has 2 aliphatic carbocycles. The molecule has 0 atom stereocenters. The SMILES string of the molecule is C=CCC1CC[C](C2CC[C](c3ccc(C)cc3)CC2)CC1. The third-order valence-corrected chi connectivity index (χ3v) is 5.87. The molecule has 0 heteroatoms. The Labute approximate surface area is 137 Å². The summed E-state index contributed by atoms with van der Waals surface area (Å²) in [7, 11) is 0. The fourth-order valence-corrected chi connectivity index (χ4v) is 4.38. The number of allylic oxidation sites excluding steroid dienone is 1. The average Bonchev–Trinajstić information content (AvgIpc) is 2.57. The minimum Gasteiger partial charge on any atom is -0.103 e. The first-order valence-corrected chi connectivity index (χ1v) is 9.13. The molecule has 2 radical (unpaired) electrons. The molecule has 2 saturated carbocycles. The Hall–Kier alpha value is -1.04. The van der Waals surface area contributed by atoms with Crippen molar-refractivity contribution in [3.05, 3.63) is 59.9 Å². The zero-order chi connectivity index (χ0) is 15.4. The highest BCUT2D eigenvalue weighted by molar-refractivity contribution is 5.33. The first-order valence-electron chi connectivity index (χ1n) is 9.13. The summed E-state index contributed by atoms with van der Waals surface area (Å²) in [6.07, 6.45) is 14.4. The number of hydrogen-bond donors (Lipinski definition) is 0. The van der Waals surface area contributed by atoms with Gasteiger partial charge >= 0.3 is 0 Å². The maximum atomic E-state index is 3.90. The zero-order valence-electron chi connectivity index (χ0n) is 14.1. The normalized spacial score (nSPS) is 22.8. The molecule has 3 rings (SSSR count). The monoisotopic (exact) mass is 294 g/mol. The quantitative estimate of drug-likeness (QED) is 0.560. The summed E-state index contributed by atoms with van der Waals surface area (Å²) in [6.45, 7) is 6.07.